The summed E-state index contributed by atoms with van der Waals surface area (Å²) in [4.78, 5) is 18.1. The maximum absolute atomic E-state index is 6.03. The Morgan fingerprint density at radius 1 is 1.26 bits per heavy atom. The minimum Gasteiger partial charge on any atom is -0.474 e. The zero-order valence-corrected chi connectivity index (χ0v) is 21.4. The van der Waals surface area contributed by atoms with Gasteiger partial charge >= 0.3 is 0 Å². The van der Waals surface area contributed by atoms with Crippen LogP contribution in [0.3, 0.4) is 0 Å². The van der Waals surface area contributed by atoms with Crippen molar-refractivity contribution in [1.29, 1.82) is 0 Å². The number of anilines is 1. The fourth-order valence-corrected chi connectivity index (χ4v) is 4.74. The molecule has 2 fully saturated rings. The molecule has 1 saturated heterocycles. The average molecular weight is 558 g/mol. The van der Waals surface area contributed by atoms with Gasteiger partial charge in [0.05, 0.1) is 0 Å². The topological polar surface area (TPSA) is 78.8 Å². The number of hydrogen-bond donors (Lipinski definition) is 1. The highest BCUT2D eigenvalue weighted by Gasteiger charge is 2.22. The average Bonchev–Trinajstić information content (AvgIpc) is 3.47. The quantitative estimate of drug-likeness (QED) is 0.332. The molecule has 0 radical (unpaired) electrons. The van der Waals surface area contributed by atoms with Crippen LogP contribution in [0.4, 0.5) is 5.13 Å². The van der Waals surface area contributed by atoms with Crippen molar-refractivity contribution in [2.75, 3.05) is 38.1 Å². The van der Waals surface area contributed by atoms with Crippen molar-refractivity contribution in [3.63, 3.8) is 0 Å². The number of nitrogens with zero attached hydrogens (tertiary/aromatic N) is 6. The lowest BCUT2D eigenvalue weighted by molar-refractivity contribution is 0.201. The van der Waals surface area contributed by atoms with Gasteiger partial charge in [-0.25, -0.2) is 9.97 Å². The first kappa shape index (κ1) is 24.0. The van der Waals surface area contributed by atoms with E-state index in [4.69, 9.17) is 4.74 Å². The van der Waals surface area contributed by atoms with Crippen LogP contribution in [0.1, 0.15) is 44.0 Å². The van der Waals surface area contributed by atoms with Crippen LogP contribution in [0.15, 0.2) is 23.3 Å². The number of aryl methyl sites for hydroxylation is 1. The highest BCUT2D eigenvalue weighted by Crippen LogP contribution is 2.23. The standard InChI is InChI=1S/C21H31N7OS.HI/c1-3-18-25-21(30-26-18)28-12-10-27(11-13-28)20(22-2)24-15-16-8-9-23-19(14-16)29-17-6-4-5-7-17;/h8-9,14,17H,3-7,10-13,15H2,1-2H3,(H,22,24);1H. The molecule has 2 aromatic rings. The molecule has 2 aromatic heterocycles. The van der Waals surface area contributed by atoms with E-state index in [2.05, 4.69) is 41.4 Å². The zero-order chi connectivity index (χ0) is 20.8. The summed E-state index contributed by atoms with van der Waals surface area (Å²) < 4.78 is 10.4. The van der Waals surface area contributed by atoms with Gasteiger partial charge < -0.3 is 19.9 Å². The van der Waals surface area contributed by atoms with E-state index in [9.17, 15) is 0 Å². The summed E-state index contributed by atoms with van der Waals surface area (Å²) >= 11 is 1.50. The fraction of sp³-hybridized carbons (Fsp3) is 0.619. The minimum absolute atomic E-state index is 0. The Bertz CT molecular complexity index is 848. The number of nitrogens with one attached hydrogen (secondary N) is 1. The largest absolute Gasteiger partial charge is 0.474 e. The third kappa shape index (κ3) is 6.41. The van der Waals surface area contributed by atoms with Crippen LogP contribution in [-0.2, 0) is 13.0 Å². The van der Waals surface area contributed by atoms with E-state index < -0.39 is 0 Å². The number of aromatic nitrogens is 3. The summed E-state index contributed by atoms with van der Waals surface area (Å²) in [6, 6.07) is 4.07. The maximum Gasteiger partial charge on any atom is 0.213 e. The van der Waals surface area contributed by atoms with E-state index in [1.807, 2.05) is 25.4 Å². The fourth-order valence-electron chi connectivity index (χ4n) is 3.94. The summed E-state index contributed by atoms with van der Waals surface area (Å²) in [5.41, 5.74) is 1.15. The molecule has 1 aliphatic carbocycles. The second-order valence-corrected chi connectivity index (χ2v) is 8.48. The van der Waals surface area contributed by atoms with Gasteiger partial charge in [0, 0.05) is 70.0 Å². The third-order valence-electron chi connectivity index (χ3n) is 5.67. The van der Waals surface area contributed by atoms with Crippen molar-refractivity contribution in [1.82, 2.24) is 24.6 Å². The summed E-state index contributed by atoms with van der Waals surface area (Å²) in [5.74, 6) is 2.59. The molecule has 4 rings (SSSR count). The third-order valence-corrected chi connectivity index (χ3v) is 6.49. The van der Waals surface area contributed by atoms with Crippen LogP contribution in [0.2, 0.25) is 0 Å². The van der Waals surface area contributed by atoms with Gasteiger partial charge in [-0.15, -0.1) is 24.0 Å². The molecule has 0 atom stereocenters. The van der Waals surface area contributed by atoms with E-state index >= 15 is 0 Å². The first-order valence-corrected chi connectivity index (χ1v) is 11.7. The molecular weight excluding hydrogens is 525 g/mol. The second-order valence-electron chi connectivity index (χ2n) is 7.75. The van der Waals surface area contributed by atoms with E-state index in [0.717, 1.165) is 73.8 Å². The molecule has 0 aromatic carbocycles. The Morgan fingerprint density at radius 2 is 2.03 bits per heavy atom. The normalized spacial score (nSPS) is 17.5. The number of aliphatic imine (C=N–C) groups is 1. The molecule has 1 saturated carbocycles. The summed E-state index contributed by atoms with van der Waals surface area (Å²) in [6.07, 6.45) is 7.83. The molecule has 8 nitrogen and oxygen atoms in total. The van der Waals surface area contributed by atoms with Gasteiger partial charge in [-0.3, -0.25) is 4.99 Å². The molecule has 2 aliphatic rings. The van der Waals surface area contributed by atoms with Gasteiger partial charge in [-0.1, -0.05) is 6.92 Å². The molecule has 1 N–H and O–H groups in total. The van der Waals surface area contributed by atoms with E-state index in [-0.39, 0.29) is 24.0 Å². The van der Waals surface area contributed by atoms with Crippen molar-refractivity contribution in [3.05, 3.63) is 29.7 Å². The Labute approximate surface area is 205 Å². The molecule has 0 unspecified atom stereocenters. The lowest BCUT2D eigenvalue weighted by atomic mass is 10.2. The predicted octanol–water partition coefficient (Wildman–Crippen LogP) is 3.33. The number of halogens is 1. The van der Waals surface area contributed by atoms with E-state index in [0.29, 0.717) is 12.6 Å². The minimum atomic E-state index is 0. The molecular formula is C21H32IN7OS. The zero-order valence-electron chi connectivity index (χ0n) is 18.3. The lowest BCUT2D eigenvalue weighted by Crippen LogP contribution is -2.52. The molecule has 31 heavy (non-hydrogen) atoms. The van der Waals surface area contributed by atoms with E-state index in [1.54, 1.807) is 0 Å². The highest BCUT2D eigenvalue weighted by atomic mass is 127. The van der Waals surface area contributed by atoms with Crippen LogP contribution in [0.5, 0.6) is 5.88 Å². The number of guanidine groups is 1. The van der Waals surface area contributed by atoms with Crippen LogP contribution in [-0.4, -0.2) is 64.5 Å². The summed E-state index contributed by atoms with van der Waals surface area (Å²) in [7, 11) is 1.84. The van der Waals surface area contributed by atoms with Crippen LogP contribution in [0.25, 0.3) is 0 Å². The first-order valence-electron chi connectivity index (χ1n) is 10.9. The summed E-state index contributed by atoms with van der Waals surface area (Å²) in [6.45, 7) is 6.46. The van der Waals surface area contributed by atoms with Gasteiger partial charge in [-0.2, -0.15) is 4.37 Å². The van der Waals surface area contributed by atoms with Crippen LogP contribution < -0.4 is 15.0 Å². The smallest absolute Gasteiger partial charge is 0.213 e. The van der Waals surface area contributed by atoms with Crippen LogP contribution in [0, 0.1) is 0 Å². The van der Waals surface area contributed by atoms with Gasteiger partial charge in [0.25, 0.3) is 0 Å². The second kappa shape index (κ2) is 11.8. The van der Waals surface area contributed by atoms with Gasteiger partial charge in [0.2, 0.25) is 11.0 Å². The molecule has 0 spiro atoms. The lowest BCUT2D eigenvalue weighted by Gasteiger charge is -2.36. The molecule has 170 valence electrons. The van der Waals surface area contributed by atoms with Crippen molar-refractivity contribution in [2.24, 2.45) is 4.99 Å². The number of piperazine rings is 1. The van der Waals surface area contributed by atoms with Gasteiger partial charge in [0.15, 0.2) is 5.96 Å². The number of ether oxygens (including phenoxy) is 1. The molecule has 10 heteroatoms. The Kier molecular flexibility index (Phi) is 9.12. The molecule has 3 heterocycles. The number of pyridine rings is 1. The van der Waals surface area contributed by atoms with E-state index in [1.165, 1.54) is 24.4 Å². The Morgan fingerprint density at radius 3 is 2.71 bits per heavy atom. The Hall–Kier alpha value is -1.69. The molecule has 1 aliphatic heterocycles. The first-order chi connectivity index (χ1) is 14.7. The maximum atomic E-state index is 6.03. The SMILES string of the molecule is CCc1nsc(N2CCN(C(=NC)NCc3ccnc(OC4CCCC4)c3)CC2)n1.I. The monoisotopic (exact) mass is 557 g/mol. The number of rotatable bonds is 6. The predicted molar refractivity (Wildman–Crippen MR) is 136 cm³/mol. The molecule has 0 amide bonds. The van der Waals surface area contributed by atoms with Crippen molar-refractivity contribution < 1.29 is 4.74 Å². The molecule has 0 bridgehead atoms. The number of hydrogen-bond acceptors (Lipinski definition) is 7. The highest BCUT2D eigenvalue weighted by molar-refractivity contribution is 14.0. The van der Waals surface area contributed by atoms with Crippen molar-refractivity contribution in [2.45, 2.75) is 51.7 Å². The van der Waals surface area contributed by atoms with Gasteiger partial charge in [-0.05, 0) is 37.3 Å². The van der Waals surface area contributed by atoms with Crippen molar-refractivity contribution in [3.8, 4) is 5.88 Å². The summed E-state index contributed by atoms with van der Waals surface area (Å²) in [5, 5.41) is 4.52. The Balaban J connectivity index is 0.00000272. The van der Waals surface area contributed by atoms with Crippen LogP contribution >= 0.6 is 35.5 Å². The van der Waals surface area contributed by atoms with Gasteiger partial charge in [0.1, 0.15) is 11.9 Å². The van der Waals surface area contributed by atoms with Crippen molar-refractivity contribution >= 4 is 46.6 Å².